The number of hydrogen-bond acceptors (Lipinski definition) is 4. The van der Waals surface area contributed by atoms with Crippen LogP contribution in [0.4, 0.5) is 0 Å². The fraction of sp³-hybridized carbons (Fsp3) is 0.500. The third kappa shape index (κ3) is 3.91. The summed E-state index contributed by atoms with van der Waals surface area (Å²) in [6, 6.07) is 6.89. The summed E-state index contributed by atoms with van der Waals surface area (Å²) in [4.78, 5) is 24.3. The predicted octanol–water partition coefficient (Wildman–Crippen LogP) is 2.82. The van der Waals surface area contributed by atoms with Crippen molar-refractivity contribution in [3.8, 4) is 5.75 Å². The van der Waals surface area contributed by atoms with Gasteiger partial charge in [0.15, 0.2) is 0 Å². The molecule has 0 aromatic heterocycles. The van der Waals surface area contributed by atoms with Crippen LogP contribution in [0.25, 0.3) is 0 Å². The van der Waals surface area contributed by atoms with Gasteiger partial charge in [0.25, 0.3) is 0 Å². The molecular weight excluding hydrogens is 306 g/mol. The first kappa shape index (κ1) is 18.3. The van der Waals surface area contributed by atoms with Crippen LogP contribution in [0.1, 0.15) is 37.6 Å². The van der Waals surface area contributed by atoms with Gasteiger partial charge in [-0.15, -0.1) is 11.6 Å². The van der Waals surface area contributed by atoms with Crippen LogP contribution in [0, 0.1) is 0 Å². The molecule has 1 rings (SSSR count). The van der Waals surface area contributed by atoms with Gasteiger partial charge in [-0.1, -0.05) is 26.0 Å². The molecule has 0 bridgehead atoms. The van der Waals surface area contributed by atoms with E-state index in [2.05, 4.69) is 5.32 Å². The molecule has 1 aromatic carbocycles. The molecule has 1 unspecified atom stereocenters. The van der Waals surface area contributed by atoms with Crippen molar-refractivity contribution >= 4 is 23.5 Å². The highest BCUT2D eigenvalue weighted by atomic mass is 35.5. The maximum atomic E-state index is 12.4. The molecule has 1 amide bonds. The molecule has 0 fully saturated rings. The first-order chi connectivity index (χ1) is 10.4. The number of esters is 1. The summed E-state index contributed by atoms with van der Waals surface area (Å²) in [6.07, 6.45) is 0.849. The summed E-state index contributed by atoms with van der Waals surface area (Å²) in [5, 5.41) is 1.84. The van der Waals surface area contributed by atoms with Crippen molar-refractivity contribution < 1.29 is 19.1 Å². The Balaban J connectivity index is 2.91. The van der Waals surface area contributed by atoms with E-state index in [1.165, 1.54) is 7.11 Å². The third-order valence-electron chi connectivity index (χ3n) is 3.78. The van der Waals surface area contributed by atoms with E-state index in [4.69, 9.17) is 21.1 Å². The summed E-state index contributed by atoms with van der Waals surface area (Å²) in [5.74, 6) is -0.218. The summed E-state index contributed by atoms with van der Waals surface area (Å²) in [5.41, 5.74) is -0.420. The lowest BCUT2D eigenvalue weighted by Crippen LogP contribution is -2.55. The Morgan fingerprint density at radius 1 is 1.18 bits per heavy atom. The van der Waals surface area contributed by atoms with Gasteiger partial charge in [-0.3, -0.25) is 4.79 Å². The zero-order valence-electron chi connectivity index (χ0n) is 13.3. The number of carbonyl (C=O) groups excluding carboxylic acids is 2. The average Bonchev–Trinajstić information content (AvgIpc) is 2.58. The first-order valence-electron chi connectivity index (χ1n) is 7.12. The summed E-state index contributed by atoms with van der Waals surface area (Å²) in [6.45, 7) is 3.63. The summed E-state index contributed by atoms with van der Waals surface area (Å²) < 4.78 is 9.87. The molecule has 0 radical (unpaired) electrons. The molecular formula is C16H22ClNO4. The lowest BCUT2D eigenvalue weighted by atomic mass is 9.92. The first-order valence-corrected chi connectivity index (χ1v) is 7.56. The number of rotatable bonds is 7. The molecule has 0 aliphatic rings. The molecule has 0 saturated carbocycles. The van der Waals surface area contributed by atoms with E-state index >= 15 is 0 Å². The average molecular weight is 328 g/mol. The van der Waals surface area contributed by atoms with Crippen LogP contribution in [0.15, 0.2) is 24.3 Å². The molecule has 6 heteroatoms. The lowest BCUT2D eigenvalue weighted by Gasteiger charge is -2.30. The molecule has 0 aliphatic carbocycles. The van der Waals surface area contributed by atoms with Crippen molar-refractivity contribution in [2.24, 2.45) is 0 Å². The lowest BCUT2D eigenvalue weighted by molar-refractivity contribution is -0.151. The quantitative estimate of drug-likeness (QED) is 0.618. The van der Waals surface area contributed by atoms with Crippen molar-refractivity contribution in [2.45, 2.75) is 37.6 Å². The van der Waals surface area contributed by atoms with Gasteiger partial charge in [0.1, 0.15) is 16.7 Å². The number of alkyl halides is 1. The van der Waals surface area contributed by atoms with Gasteiger partial charge < -0.3 is 14.8 Å². The molecule has 0 saturated heterocycles. The Morgan fingerprint density at radius 3 is 2.14 bits per heavy atom. The Labute approximate surface area is 135 Å². The van der Waals surface area contributed by atoms with E-state index in [1.54, 1.807) is 31.4 Å². The number of methoxy groups -OCH3 is 2. The van der Waals surface area contributed by atoms with Crippen LogP contribution in [0.2, 0.25) is 0 Å². The molecule has 5 nitrogen and oxygen atoms in total. The SMILES string of the molecule is CCC(CC)(NC(=O)C(Cl)c1ccc(OC)cc1)C(=O)OC. The zero-order valence-corrected chi connectivity index (χ0v) is 14.1. The molecule has 22 heavy (non-hydrogen) atoms. The summed E-state index contributed by atoms with van der Waals surface area (Å²) in [7, 11) is 2.86. The van der Waals surface area contributed by atoms with E-state index in [9.17, 15) is 9.59 Å². The van der Waals surface area contributed by atoms with Gasteiger partial charge in [-0.05, 0) is 30.5 Å². The van der Waals surface area contributed by atoms with E-state index in [0.717, 1.165) is 0 Å². The van der Waals surface area contributed by atoms with Gasteiger partial charge >= 0.3 is 5.97 Å². The van der Waals surface area contributed by atoms with Gasteiger partial charge in [0, 0.05) is 0 Å². The van der Waals surface area contributed by atoms with Crippen LogP contribution >= 0.6 is 11.6 Å². The fourth-order valence-corrected chi connectivity index (χ4v) is 2.39. The third-order valence-corrected chi connectivity index (χ3v) is 4.23. The van der Waals surface area contributed by atoms with Gasteiger partial charge in [-0.2, -0.15) is 0 Å². The number of amides is 1. The van der Waals surface area contributed by atoms with Crippen LogP contribution < -0.4 is 10.1 Å². The van der Waals surface area contributed by atoms with Crippen LogP contribution in [-0.2, 0) is 14.3 Å². The van der Waals surface area contributed by atoms with Gasteiger partial charge in [0.05, 0.1) is 14.2 Å². The minimum absolute atomic E-state index is 0.425. The smallest absolute Gasteiger partial charge is 0.331 e. The Morgan fingerprint density at radius 2 is 1.73 bits per heavy atom. The maximum absolute atomic E-state index is 12.4. The number of ether oxygens (including phenoxy) is 2. The van der Waals surface area contributed by atoms with Crippen LogP contribution in [-0.4, -0.2) is 31.6 Å². The Hall–Kier alpha value is -1.75. The van der Waals surface area contributed by atoms with E-state index in [1.807, 2.05) is 13.8 Å². The van der Waals surface area contributed by atoms with E-state index in [-0.39, 0.29) is 0 Å². The van der Waals surface area contributed by atoms with Crippen molar-refractivity contribution in [1.82, 2.24) is 5.32 Å². The second-order valence-electron chi connectivity index (χ2n) is 4.91. The minimum atomic E-state index is -1.05. The zero-order chi connectivity index (χ0) is 16.8. The van der Waals surface area contributed by atoms with Crippen LogP contribution in [0.3, 0.4) is 0 Å². The standard InChI is InChI=1S/C16H22ClNO4/c1-5-16(6-2,15(20)22-4)18-14(19)13(17)11-7-9-12(21-3)10-8-11/h7-10,13H,5-6H2,1-4H3,(H,18,19). The van der Waals surface area contributed by atoms with E-state index in [0.29, 0.717) is 24.2 Å². The minimum Gasteiger partial charge on any atom is -0.497 e. The normalized spacial score (nSPS) is 12.4. The number of carbonyl (C=O) groups is 2. The molecule has 1 aromatic rings. The predicted molar refractivity (Wildman–Crippen MR) is 85.1 cm³/mol. The van der Waals surface area contributed by atoms with Gasteiger partial charge in [0.2, 0.25) is 5.91 Å². The molecule has 1 N–H and O–H groups in total. The van der Waals surface area contributed by atoms with Crippen molar-refractivity contribution in [1.29, 1.82) is 0 Å². The number of halogens is 1. The molecule has 1 atom stereocenters. The Bertz CT molecular complexity index is 511. The number of benzene rings is 1. The van der Waals surface area contributed by atoms with Crippen molar-refractivity contribution in [2.75, 3.05) is 14.2 Å². The van der Waals surface area contributed by atoms with Crippen molar-refractivity contribution in [3.63, 3.8) is 0 Å². The second kappa shape index (κ2) is 8.03. The highest BCUT2D eigenvalue weighted by Gasteiger charge is 2.39. The molecule has 122 valence electrons. The number of nitrogens with one attached hydrogen (secondary N) is 1. The van der Waals surface area contributed by atoms with Gasteiger partial charge in [-0.25, -0.2) is 4.79 Å². The van der Waals surface area contributed by atoms with Crippen LogP contribution in [0.5, 0.6) is 5.75 Å². The Kier molecular flexibility index (Phi) is 6.68. The largest absolute Gasteiger partial charge is 0.497 e. The molecule has 0 spiro atoms. The topological polar surface area (TPSA) is 64.6 Å². The molecule has 0 heterocycles. The maximum Gasteiger partial charge on any atom is 0.331 e. The number of hydrogen-bond donors (Lipinski definition) is 1. The fourth-order valence-electron chi connectivity index (χ4n) is 2.19. The monoisotopic (exact) mass is 327 g/mol. The second-order valence-corrected chi connectivity index (χ2v) is 5.34. The summed E-state index contributed by atoms with van der Waals surface area (Å²) >= 11 is 6.22. The highest BCUT2D eigenvalue weighted by Crippen LogP contribution is 2.25. The molecule has 0 aliphatic heterocycles. The van der Waals surface area contributed by atoms with E-state index < -0.39 is 22.8 Å². The highest BCUT2D eigenvalue weighted by molar-refractivity contribution is 6.31. The van der Waals surface area contributed by atoms with Crippen molar-refractivity contribution in [3.05, 3.63) is 29.8 Å².